The van der Waals surface area contributed by atoms with E-state index in [9.17, 15) is 9.59 Å². The van der Waals surface area contributed by atoms with E-state index in [1.807, 2.05) is 0 Å². The van der Waals surface area contributed by atoms with Gasteiger partial charge >= 0.3 is 11.9 Å². The summed E-state index contributed by atoms with van der Waals surface area (Å²) < 4.78 is 10.1. The van der Waals surface area contributed by atoms with Crippen molar-refractivity contribution in [1.82, 2.24) is 0 Å². The fourth-order valence-corrected chi connectivity index (χ4v) is 2.78. The molecule has 2 unspecified atom stereocenters. The number of methoxy groups -OCH3 is 1. The van der Waals surface area contributed by atoms with Crippen molar-refractivity contribution >= 4 is 11.9 Å². The second-order valence-corrected chi connectivity index (χ2v) is 6.08. The largest absolute Gasteiger partial charge is 0.469 e. The molecule has 0 N–H and O–H groups in total. The van der Waals surface area contributed by atoms with E-state index in [1.165, 1.54) is 7.11 Å². The third kappa shape index (κ3) is 5.51. The molecular formula is C16H28O4. The maximum absolute atomic E-state index is 12.1. The van der Waals surface area contributed by atoms with Crippen molar-refractivity contribution in [1.29, 1.82) is 0 Å². The van der Waals surface area contributed by atoms with Crippen LogP contribution in [0, 0.1) is 17.8 Å². The van der Waals surface area contributed by atoms with E-state index in [0.717, 1.165) is 44.9 Å². The molecule has 116 valence electrons. The Balaban J connectivity index is 2.34. The molecule has 0 heterocycles. The highest BCUT2D eigenvalue weighted by molar-refractivity contribution is 5.82. The summed E-state index contributed by atoms with van der Waals surface area (Å²) in [6.07, 6.45) is 6.59. The summed E-state index contributed by atoms with van der Waals surface area (Å²) in [7, 11) is 1.38. The van der Waals surface area contributed by atoms with Crippen LogP contribution in [0.3, 0.4) is 0 Å². The zero-order valence-corrected chi connectivity index (χ0v) is 13.0. The first kappa shape index (κ1) is 17.0. The average Bonchev–Trinajstić information content (AvgIpc) is 2.45. The molecule has 0 bridgehead atoms. The molecule has 1 saturated carbocycles. The van der Waals surface area contributed by atoms with Crippen molar-refractivity contribution in [3.8, 4) is 0 Å². The van der Waals surface area contributed by atoms with Crippen LogP contribution < -0.4 is 0 Å². The summed E-state index contributed by atoms with van der Waals surface area (Å²) in [6, 6.07) is 0. The van der Waals surface area contributed by atoms with Gasteiger partial charge in [0.15, 0.2) is 0 Å². The van der Waals surface area contributed by atoms with Crippen molar-refractivity contribution in [2.24, 2.45) is 17.8 Å². The molecule has 0 amide bonds. The molecule has 0 aromatic rings. The van der Waals surface area contributed by atoms with Crippen molar-refractivity contribution in [3.05, 3.63) is 0 Å². The van der Waals surface area contributed by atoms with Crippen LogP contribution in [0.5, 0.6) is 0 Å². The predicted octanol–water partition coefficient (Wildman–Crippen LogP) is 3.34. The topological polar surface area (TPSA) is 52.6 Å². The molecule has 2 atom stereocenters. The van der Waals surface area contributed by atoms with Crippen LogP contribution in [0.15, 0.2) is 0 Å². The van der Waals surface area contributed by atoms with Gasteiger partial charge in [0, 0.05) is 0 Å². The summed E-state index contributed by atoms with van der Waals surface area (Å²) in [4.78, 5) is 23.8. The minimum atomic E-state index is -0.308. The van der Waals surface area contributed by atoms with E-state index < -0.39 is 0 Å². The Hall–Kier alpha value is -1.06. The Morgan fingerprint density at radius 2 is 1.65 bits per heavy atom. The van der Waals surface area contributed by atoms with E-state index in [2.05, 4.69) is 13.8 Å². The van der Waals surface area contributed by atoms with Crippen LogP contribution in [0.1, 0.15) is 58.8 Å². The number of unbranched alkanes of at least 4 members (excludes halogenated alkanes) is 1. The molecular weight excluding hydrogens is 256 g/mol. The first-order chi connectivity index (χ1) is 9.56. The van der Waals surface area contributed by atoms with Crippen molar-refractivity contribution in [2.45, 2.75) is 58.8 Å². The van der Waals surface area contributed by atoms with Gasteiger partial charge in [-0.2, -0.15) is 0 Å². The van der Waals surface area contributed by atoms with E-state index in [4.69, 9.17) is 9.47 Å². The van der Waals surface area contributed by atoms with Crippen molar-refractivity contribution in [2.75, 3.05) is 13.7 Å². The predicted molar refractivity (Wildman–Crippen MR) is 77.1 cm³/mol. The Morgan fingerprint density at radius 1 is 1.05 bits per heavy atom. The third-order valence-electron chi connectivity index (χ3n) is 3.99. The Bertz CT molecular complexity index is 312. The standard InChI is InChI=1S/C16H28O4/c1-12(2)8-6-7-11-20-16(18)14-10-5-4-9-13(14)15(17)19-3/h12-14H,4-11H2,1-3H3. The highest BCUT2D eigenvalue weighted by atomic mass is 16.5. The highest BCUT2D eigenvalue weighted by Gasteiger charge is 2.37. The number of carbonyl (C=O) groups excluding carboxylic acids is 2. The number of rotatable bonds is 7. The Labute approximate surface area is 122 Å². The maximum Gasteiger partial charge on any atom is 0.309 e. The number of esters is 2. The fraction of sp³-hybridized carbons (Fsp3) is 0.875. The summed E-state index contributed by atoms with van der Waals surface area (Å²) in [5.41, 5.74) is 0. The van der Waals surface area contributed by atoms with Crippen LogP contribution in [-0.2, 0) is 19.1 Å². The zero-order valence-electron chi connectivity index (χ0n) is 13.0. The average molecular weight is 284 g/mol. The van der Waals surface area contributed by atoms with E-state index in [0.29, 0.717) is 12.5 Å². The molecule has 0 spiro atoms. The van der Waals surface area contributed by atoms with E-state index in [-0.39, 0.29) is 23.8 Å². The van der Waals surface area contributed by atoms with Gasteiger partial charge in [-0.3, -0.25) is 9.59 Å². The molecule has 1 aliphatic rings. The fourth-order valence-electron chi connectivity index (χ4n) is 2.78. The molecule has 20 heavy (non-hydrogen) atoms. The molecule has 0 aromatic carbocycles. The van der Waals surface area contributed by atoms with Gasteiger partial charge < -0.3 is 9.47 Å². The zero-order chi connectivity index (χ0) is 15.0. The molecule has 4 nitrogen and oxygen atoms in total. The lowest BCUT2D eigenvalue weighted by Crippen LogP contribution is -2.34. The minimum Gasteiger partial charge on any atom is -0.469 e. The second kappa shape index (κ2) is 8.98. The minimum absolute atomic E-state index is 0.218. The summed E-state index contributed by atoms with van der Waals surface area (Å²) in [5.74, 6) is -0.415. The molecule has 0 saturated heterocycles. The first-order valence-corrected chi connectivity index (χ1v) is 7.80. The second-order valence-electron chi connectivity index (χ2n) is 6.08. The van der Waals surface area contributed by atoms with Gasteiger partial charge in [0.05, 0.1) is 25.6 Å². The number of hydrogen-bond acceptors (Lipinski definition) is 4. The number of hydrogen-bond donors (Lipinski definition) is 0. The van der Waals surface area contributed by atoms with Crippen LogP contribution in [0.2, 0.25) is 0 Å². The molecule has 0 radical (unpaired) electrons. The van der Waals surface area contributed by atoms with Crippen LogP contribution in [0.25, 0.3) is 0 Å². The Kier molecular flexibility index (Phi) is 7.63. The van der Waals surface area contributed by atoms with Gasteiger partial charge in [0.2, 0.25) is 0 Å². The normalized spacial score (nSPS) is 22.6. The monoisotopic (exact) mass is 284 g/mol. The smallest absolute Gasteiger partial charge is 0.309 e. The molecule has 1 aliphatic carbocycles. The van der Waals surface area contributed by atoms with Gasteiger partial charge in [-0.15, -0.1) is 0 Å². The first-order valence-electron chi connectivity index (χ1n) is 7.80. The molecule has 0 aliphatic heterocycles. The summed E-state index contributed by atoms with van der Waals surface area (Å²) in [6.45, 7) is 4.85. The van der Waals surface area contributed by atoms with Crippen molar-refractivity contribution < 1.29 is 19.1 Å². The van der Waals surface area contributed by atoms with Gasteiger partial charge in [0.1, 0.15) is 0 Å². The van der Waals surface area contributed by atoms with Crippen LogP contribution >= 0.6 is 0 Å². The van der Waals surface area contributed by atoms with Gasteiger partial charge in [-0.1, -0.05) is 33.1 Å². The van der Waals surface area contributed by atoms with Crippen LogP contribution in [0.4, 0.5) is 0 Å². The van der Waals surface area contributed by atoms with Gasteiger partial charge in [-0.05, 0) is 31.6 Å². The van der Waals surface area contributed by atoms with E-state index >= 15 is 0 Å². The van der Waals surface area contributed by atoms with Crippen LogP contribution in [-0.4, -0.2) is 25.7 Å². The van der Waals surface area contributed by atoms with E-state index in [1.54, 1.807) is 0 Å². The number of ether oxygens (including phenoxy) is 2. The number of carbonyl (C=O) groups is 2. The summed E-state index contributed by atoms with van der Waals surface area (Å²) >= 11 is 0. The van der Waals surface area contributed by atoms with Gasteiger partial charge in [-0.25, -0.2) is 0 Å². The third-order valence-corrected chi connectivity index (χ3v) is 3.99. The quantitative estimate of drug-likeness (QED) is 0.531. The molecule has 4 heteroatoms. The van der Waals surface area contributed by atoms with Crippen molar-refractivity contribution in [3.63, 3.8) is 0 Å². The molecule has 0 aromatic heterocycles. The highest BCUT2D eigenvalue weighted by Crippen LogP contribution is 2.31. The molecule has 1 fully saturated rings. The Morgan fingerprint density at radius 3 is 2.20 bits per heavy atom. The lowest BCUT2D eigenvalue weighted by molar-refractivity contribution is -0.161. The summed E-state index contributed by atoms with van der Waals surface area (Å²) in [5, 5.41) is 0. The maximum atomic E-state index is 12.1. The molecule has 1 rings (SSSR count). The SMILES string of the molecule is COC(=O)C1CCCCC1C(=O)OCCCCC(C)C. The van der Waals surface area contributed by atoms with Gasteiger partial charge in [0.25, 0.3) is 0 Å². The lowest BCUT2D eigenvalue weighted by atomic mass is 9.79. The lowest BCUT2D eigenvalue weighted by Gasteiger charge is -2.27.